The van der Waals surface area contributed by atoms with E-state index in [1.807, 2.05) is 75.4 Å². The summed E-state index contributed by atoms with van der Waals surface area (Å²) < 4.78 is 27.0. The van der Waals surface area contributed by atoms with Crippen LogP contribution in [0.5, 0.6) is 0 Å². The Morgan fingerprint density at radius 3 is 2.17 bits per heavy atom. The number of amides is 2. The summed E-state index contributed by atoms with van der Waals surface area (Å²) in [5, 5.41) is 3.34. The number of nitrogens with one attached hydrogen (secondary N) is 1. The highest BCUT2D eigenvalue weighted by Crippen LogP contribution is 2.27. The standard InChI is InChI=1S/C31H38ClN3O4S/c1-22(2)19-33-31(37)29(17-25-9-7-6-8-10-25)34(20-26-14-11-23(3)12-15-26)30(36)21-35(40(5,38)39)28-18-27(32)16-13-24(28)4/h6-16,18,22,29H,17,19-21H2,1-5H3,(H,33,37)/t29-/m0/s1. The number of rotatable bonds is 12. The minimum absolute atomic E-state index is 0.137. The molecule has 0 fully saturated rings. The van der Waals surface area contributed by atoms with Crippen LogP contribution in [-0.4, -0.2) is 50.5 Å². The smallest absolute Gasteiger partial charge is 0.244 e. The van der Waals surface area contributed by atoms with Crippen molar-refractivity contribution in [1.82, 2.24) is 10.2 Å². The highest BCUT2D eigenvalue weighted by atomic mass is 35.5. The summed E-state index contributed by atoms with van der Waals surface area (Å²) in [7, 11) is -3.86. The van der Waals surface area contributed by atoms with Crippen LogP contribution >= 0.6 is 11.6 Å². The highest BCUT2D eigenvalue weighted by Gasteiger charge is 2.33. The Kier molecular flexibility index (Phi) is 10.8. The normalized spacial score (nSPS) is 12.2. The quantitative estimate of drug-likeness (QED) is 0.320. The molecule has 0 unspecified atom stereocenters. The van der Waals surface area contributed by atoms with Crippen molar-refractivity contribution in [3.05, 3.63) is 100 Å². The van der Waals surface area contributed by atoms with E-state index in [-0.39, 0.29) is 24.8 Å². The van der Waals surface area contributed by atoms with E-state index in [2.05, 4.69) is 5.32 Å². The second-order valence-electron chi connectivity index (χ2n) is 10.6. The van der Waals surface area contributed by atoms with Gasteiger partial charge in [0.2, 0.25) is 21.8 Å². The molecule has 40 heavy (non-hydrogen) atoms. The number of benzene rings is 3. The van der Waals surface area contributed by atoms with E-state index in [4.69, 9.17) is 11.6 Å². The van der Waals surface area contributed by atoms with Gasteiger partial charge in [0.1, 0.15) is 12.6 Å². The van der Waals surface area contributed by atoms with Crippen molar-refractivity contribution < 1.29 is 18.0 Å². The fraction of sp³-hybridized carbons (Fsp3) is 0.355. The van der Waals surface area contributed by atoms with Crippen LogP contribution in [0.1, 0.15) is 36.1 Å². The Morgan fingerprint density at radius 2 is 1.57 bits per heavy atom. The van der Waals surface area contributed by atoms with Gasteiger partial charge < -0.3 is 10.2 Å². The molecule has 7 nitrogen and oxygen atoms in total. The molecule has 0 aromatic heterocycles. The van der Waals surface area contributed by atoms with Crippen LogP contribution in [0.15, 0.2) is 72.8 Å². The molecule has 2 amide bonds. The van der Waals surface area contributed by atoms with E-state index < -0.39 is 28.5 Å². The molecule has 0 saturated heterocycles. The molecule has 3 aromatic rings. The lowest BCUT2D eigenvalue weighted by molar-refractivity contribution is -0.140. The van der Waals surface area contributed by atoms with Gasteiger partial charge in [-0.3, -0.25) is 13.9 Å². The molecule has 0 heterocycles. The van der Waals surface area contributed by atoms with Crippen LogP contribution in [0.3, 0.4) is 0 Å². The Hall–Kier alpha value is -3.36. The van der Waals surface area contributed by atoms with Crippen LogP contribution in [0.25, 0.3) is 0 Å². The monoisotopic (exact) mass is 583 g/mol. The zero-order chi connectivity index (χ0) is 29.4. The van der Waals surface area contributed by atoms with Crippen molar-refractivity contribution in [3.8, 4) is 0 Å². The van der Waals surface area contributed by atoms with E-state index in [1.54, 1.807) is 19.1 Å². The Bertz CT molecular complexity index is 1410. The fourth-order valence-corrected chi connectivity index (χ4v) is 5.38. The lowest BCUT2D eigenvalue weighted by atomic mass is 10.0. The number of halogens is 1. The third-order valence-corrected chi connectivity index (χ3v) is 7.91. The summed E-state index contributed by atoms with van der Waals surface area (Å²) in [6.07, 6.45) is 1.33. The molecular formula is C31H38ClN3O4S. The molecule has 0 spiro atoms. The van der Waals surface area contributed by atoms with E-state index in [9.17, 15) is 18.0 Å². The SMILES string of the molecule is Cc1ccc(CN(C(=O)CN(c2cc(Cl)ccc2C)S(C)(=O)=O)[C@@H](Cc2ccccc2)C(=O)NCC(C)C)cc1. The number of carbonyl (C=O) groups is 2. The molecule has 3 rings (SSSR count). The van der Waals surface area contributed by atoms with Gasteiger partial charge >= 0.3 is 0 Å². The average molecular weight is 584 g/mol. The van der Waals surface area contributed by atoms with Gasteiger partial charge in [-0.15, -0.1) is 0 Å². The lowest BCUT2D eigenvalue weighted by Gasteiger charge is -2.34. The molecule has 0 aliphatic rings. The summed E-state index contributed by atoms with van der Waals surface area (Å²) in [6, 6.07) is 21.3. The Labute approximate surface area is 243 Å². The average Bonchev–Trinajstić information content (AvgIpc) is 2.90. The fourth-order valence-electron chi connectivity index (χ4n) is 4.31. The predicted octanol–water partition coefficient (Wildman–Crippen LogP) is 5.14. The zero-order valence-corrected chi connectivity index (χ0v) is 25.3. The minimum Gasteiger partial charge on any atom is -0.354 e. The van der Waals surface area contributed by atoms with Crippen molar-refractivity contribution in [1.29, 1.82) is 0 Å². The van der Waals surface area contributed by atoms with E-state index in [0.717, 1.165) is 27.3 Å². The molecule has 0 aliphatic heterocycles. The number of hydrogen-bond acceptors (Lipinski definition) is 4. The molecule has 214 valence electrons. The number of sulfonamides is 1. The number of hydrogen-bond donors (Lipinski definition) is 1. The van der Waals surface area contributed by atoms with Gasteiger partial charge in [-0.1, -0.05) is 91.7 Å². The van der Waals surface area contributed by atoms with Gasteiger partial charge in [0.25, 0.3) is 0 Å². The van der Waals surface area contributed by atoms with Crippen LogP contribution in [0.2, 0.25) is 5.02 Å². The van der Waals surface area contributed by atoms with Gasteiger partial charge in [-0.05, 0) is 48.6 Å². The molecular weight excluding hydrogens is 546 g/mol. The van der Waals surface area contributed by atoms with Crippen LogP contribution < -0.4 is 9.62 Å². The first-order valence-corrected chi connectivity index (χ1v) is 15.5. The summed E-state index contributed by atoms with van der Waals surface area (Å²) in [6.45, 7) is 7.84. The minimum atomic E-state index is -3.86. The van der Waals surface area contributed by atoms with Crippen LogP contribution in [-0.2, 0) is 32.6 Å². The maximum absolute atomic E-state index is 14.1. The summed E-state index contributed by atoms with van der Waals surface area (Å²) in [5.74, 6) is -0.567. The molecule has 1 atom stereocenters. The van der Waals surface area contributed by atoms with Gasteiger partial charge in [0, 0.05) is 24.5 Å². The van der Waals surface area contributed by atoms with E-state index in [0.29, 0.717) is 22.8 Å². The number of nitrogens with zero attached hydrogens (tertiary/aromatic N) is 2. The molecule has 0 saturated carbocycles. The molecule has 0 bridgehead atoms. The maximum Gasteiger partial charge on any atom is 0.244 e. The predicted molar refractivity (Wildman–Crippen MR) is 162 cm³/mol. The first-order chi connectivity index (χ1) is 18.8. The largest absolute Gasteiger partial charge is 0.354 e. The van der Waals surface area contributed by atoms with Gasteiger partial charge in [-0.2, -0.15) is 0 Å². The van der Waals surface area contributed by atoms with Crippen molar-refractivity contribution in [2.75, 3.05) is 23.7 Å². The first kappa shape index (κ1) is 31.2. The molecule has 0 radical (unpaired) electrons. The second kappa shape index (κ2) is 13.8. The number of aryl methyl sites for hydroxylation is 2. The van der Waals surface area contributed by atoms with Crippen molar-refractivity contribution in [3.63, 3.8) is 0 Å². The third-order valence-electron chi connectivity index (χ3n) is 6.55. The van der Waals surface area contributed by atoms with Crippen molar-refractivity contribution in [2.24, 2.45) is 5.92 Å². The Balaban J connectivity index is 2.06. The van der Waals surface area contributed by atoms with E-state index in [1.165, 1.54) is 11.0 Å². The van der Waals surface area contributed by atoms with Crippen LogP contribution in [0, 0.1) is 19.8 Å². The molecule has 1 N–H and O–H groups in total. The number of carbonyl (C=O) groups excluding carboxylic acids is 2. The maximum atomic E-state index is 14.1. The summed E-state index contributed by atoms with van der Waals surface area (Å²) >= 11 is 6.20. The highest BCUT2D eigenvalue weighted by molar-refractivity contribution is 7.92. The zero-order valence-electron chi connectivity index (χ0n) is 23.7. The molecule has 3 aromatic carbocycles. The number of anilines is 1. The third kappa shape index (κ3) is 8.83. The molecule has 0 aliphatic carbocycles. The first-order valence-electron chi connectivity index (χ1n) is 13.3. The second-order valence-corrected chi connectivity index (χ2v) is 12.9. The summed E-state index contributed by atoms with van der Waals surface area (Å²) in [5.41, 5.74) is 3.76. The molecule has 9 heteroatoms. The van der Waals surface area contributed by atoms with E-state index >= 15 is 0 Å². The van der Waals surface area contributed by atoms with Gasteiger partial charge in [0.05, 0.1) is 11.9 Å². The van der Waals surface area contributed by atoms with Gasteiger partial charge in [0.15, 0.2) is 0 Å². The lowest BCUT2D eigenvalue weighted by Crippen LogP contribution is -2.53. The van der Waals surface area contributed by atoms with Crippen LogP contribution in [0.4, 0.5) is 5.69 Å². The topological polar surface area (TPSA) is 86.8 Å². The van der Waals surface area contributed by atoms with Crippen molar-refractivity contribution >= 4 is 39.1 Å². The van der Waals surface area contributed by atoms with Crippen molar-refractivity contribution in [2.45, 2.75) is 46.7 Å². The van der Waals surface area contributed by atoms with Gasteiger partial charge in [-0.25, -0.2) is 8.42 Å². The summed E-state index contributed by atoms with van der Waals surface area (Å²) in [4.78, 5) is 29.3. The Morgan fingerprint density at radius 1 is 0.925 bits per heavy atom.